The normalized spacial score (nSPS) is 23.0. The third kappa shape index (κ3) is 4.50. The van der Waals surface area contributed by atoms with Gasteiger partial charge in [-0.3, -0.25) is 4.99 Å². The molecule has 2 saturated heterocycles. The Balaban J connectivity index is 1.53. The predicted molar refractivity (Wildman–Crippen MR) is 87.1 cm³/mol. The molecule has 0 radical (unpaired) electrons. The largest absolute Gasteiger partial charge is 0.469 e. The zero-order valence-corrected chi connectivity index (χ0v) is 13.3. The van der Waals surface area contributed by atoms with Crippen molar-refractivity contribution in [2.45, 2.75) is 44.6 Å². The summed E-state index contributed by atoms with van der Waals surface area (Å²) in [5.74, 6) is 2.06. The minimum Gasteiger partial charge on any atom is -0.469 e. The number of nitrogens with zero attached hydrogens (tertiary/aromatic N) is 2. The Bertz CT molecular complexity index is 446. The first-order valence-corrected chi connectivity index (χ1v) is 8.59. The SMILES string of the molecule is c1coc(CCNC(=NCC2CCCO2)N2CCCCC2)c1. The molecule has 0 saturated carbocycles. The van der Waals surface area contributed by atoms with Gasteiger partial charge in [-0.05, 0) is 44.2 Å². The maximum atomic E-state index is 5.69. The van der Waals surface area contributed by atoms with Gasteiger partial charge in [0, 0.05) is 32.7 Å². The molecule has 0 aliphatic carbocycles. The molecule has 1 atom stereocenters. The lowest BCUT2D eigenvalue weighted by Crippen LogP contribution is -2.45. The number of hydrogen-bond donors (Lipinski definition) is 1. The maximum Gasteiger partial charge on any atom is 0.194 e. The van der Waals surface area contributed by atoms with Crippen LogP contribution in [0.5, 0.6) is 0 Å². The van der Waals surface area contributed by atoms with E-state index in [0.29, 0.717) is 6.10 Å². The molecule has 0 aromatic carbocycles. The van der Waals surface area contributed by atoms with Crippen molar-refractivity contribution in [1.29, 1.82) is 0 Å². The van der Waals surface area contributed by atoms with Crippen molar-refractivity contribution in [3.63, 3.8) is 0 Å². The summed E-state index contributed by atoms with van der Waals surface area (Å²) in [5, 5.41) is 3.51. The van der Waals surface area contributed by atoms with Crippen LogP contribution in [0.15, 0.2) is 27.8 Å². The summed E-state index contributed by atoms with van der Waals surface area (Å²) >= 11 is 0. The van der Waals surface area contributed by atoms with E-state index in [0.717, 1.165) is 57.3 Å². The van der Waals surface area contributed by atoms with Gasteiger partial charge in [-0.2, -0.15) is 0 Å². The third-order valence-corrected chi connectivity index (χ3v) is 4.36. The van der Waals surface area contributed by atoms with Crippen molar-refractivity contribution in [3.05, 3.63) is 24.2 Å². The van der Waals surface area contributed by atoms with Crippen molar-refractivity contribution >= 4 is 5.96 Å². The first-order chi connectivity index (χ1) is 10.9. The van der Waals surface area contributed by atoms with E-state index in [1.165, 1.54) is 25.7 Å². The van der Waals surface area contributed by atoms with E-state index in [1.54, 1.807) is 6.26 Å². The molecule has 2 fully saturated rings. The van der Waals surface area contributed by atoms with E-state index in [1.807, 2.05) is 12.1 Å². The minimum atomic E-state index is 0.312. The Hall–Kier alpha value is -1.49. The van der Waals surface area contributed by atoms with Crippen LogP contribution < -0.4 is 5.32 Å². The second kappa shape index (κ2) is 8.22. The number of furan rings is 1. The molecule has 1 unspecified atom stereocenters. The fourth-order valence-electron chi connectivity index (χ4n) is 3.10. The van der Waals surface area contributed by atoms with Crippen LogP contribution in [0.2, 0.25) is 0 Å². The fourth-order valence-corrected chi connectivity index (χ4v) is 3.10. The number of ether oxygens (including phenoxy) is 1. The standard InChI is InChI=1S/C17H27N3O2/c1-2-10-20(11-3-1)17(19-14-16-7-5-13-22-16)18-9-8-15-6-4-12-21-15/h4,6,12,16H,1-3,5,7-11,13-14H2,(H,18,19). The van der Waals surface area contributed by atoms with Crippen LogP contribution in [-0.2, 0) is 11.2 Å². The van der Waals surface area contributed by atoms with Crippen LogP contribution in [0.1, 0.15) is 37.9 Å². The summed E-state index contributed by atoms with van der Waals surface area (Å²) in [6, 6.07) is 3.96. The summed E-state index contributed by atoms with van der Waals surface area (Å²) in [5.41, 5.74) is 0. The molecular formula is C17H27N3O2. The van der Waals surface area contributed by atoms with Crippen LogP contribution in [0.25, 0.3) is 0 Å². The van der Waals surface area contributed by atoms with E-state index in [2.05, 4.69) is 10.2 Å². The monoisotopic (exact) mass is 305 g/mol. The molecular weight excluding hydrogens is 278 g/mol. The van der Waals surface area contributed by atoms with Crippen molar-refractivity contribution in [3.8, 4) is 0 Å². The number of hydrogen-bond acceptors (Lipinski definition) is 3. The van der Waals surface area contributed by atoms with Gasteiger partial charge >= 0.3 is 0 Å². The molecule has 3 rings (SSSR count). The fraction of sp³-hybridized carbons (Fsp3) is 0.706. The highest BCUT2D eigenvalue weighted by molar-refractivity contribution is 5.80. The molecule has 3 heterocycles. The zero-order valence-electron chi connectivity index (χ0n) is 13.3. The number of rotatable bonds is 5. The molecule has 1 N–H and O–H groups in total. The van der Waals surface area contributed by atoms with Crippen molar-refractivity contribution in [2.75, 3.05) is 32.8 Å². The number of aliphatic imine (C=N–C) groups is 1. The summed E-state index contributed by atoms with van der Waals surface area (Å²) in [6.45, 7) is 4.75. The van der Waals surface area contributed by atoms with Gasteiger partial charge in [-0.15, -0.1) is 0 Å². The van der Waals surface area contributed by atoms with Gasteiger partial charge < -0.3 is 19.4 Å². The molecule has 2 aliphatic rings. The Morgan fingerprint density at radius 1 is 1.27 bits per heavy atom. The summed E-state index contributed by atoms with van der Waals surface area (Å²) < 4.78 is 11.1. The molecule has 2 aliphatic heterocycles. The van der Waals surface area contributed by atoms with Gasteiger partial charge in [0.25, 0.3) is 0 Å². The molecule has 0 amide bonds. The quantitative estimate of drug-likeness (QED) is 0.670. The average molecular weight is 305 g/mol. The third-order valence-electron chi connectivity index (χ3n) is 4.36. The van der Waals surface area contributed by atoms with E-state index in [9.17, 15) is 0 Å². The zero-order chi connectivity index (χ0) is 15.0. The number of nitrogens with one attached hydrogen (secondary N) is 1. The Morgan fingerprint density at radius 3 is 2.91 bits per heavy atom. The Labute approximate surface area is 132 Å². The lowest BCUT2D eigenvalue weighted by atomic mass is 10.1. The van der Waals surface area contributed by atoms with Crippen molar-refractivity contribution in [2.24, 2.45) is 4.99 Å². The minimum absolute atomic E-state index is 0.312. The number of guanidine groups is 1. The number of likely N-dealkylation sites (tertiary alicyclic amines) is 1. The van der Waals surface area contributed by atoms with Gasteiger partial charge in [0.1, 0.15) is 5.76 Å². The second-order valence-corrected chi connectivity index (χ2v) is 6.10. The molecule has 1 aromatic heterocycles. The Kier molecular flexibility index (Phi) is 5.76. The van der Waals surface area contributed by atoms with E-state index < -0.39 is 0 Å². The van der Waals surface area contributed by atoms with Crippen LogP contribution in [0.4, 0.5) is 0 Å². The summed E-state index contributed by atoms with van der Waals surface area (Å²) in [4.78, 5) is 7.21. The van der Waals surface area contributed by atoms with Gasteiger partial charge in [0.15, 0.2) is 5.96 Å². The smallest absolute Gasteiger partial charge is 0.194 e. The van der Waals surface area contributed by atoms with Gasteiger partial charge in [-0.25, -0.2) is 0 Å². The van der Waals surface area contributed by atoms with Crippen LogP contribution in [-0.4, -0.2) is 49.7 Å². The second-order valence-electron chi connectivity index (χ2n) is 6.10. The van der Waals surface area contributed by atoms with Crippen LogP contribution >= 0.6 is 0 Å². The molecule has 5 heteroatoms. The first kappa shape index (κ1) is 15.4. The van der Waals surface area contributed by atoms with E-state index in [-0.39, 0.29) is 0 Å². The topological polar surface area (TPSA) is 50.0 Å². The van der Waals surface area contributed by atoms with E-state index >= 15 is 0 Å². The molecule has 122 valence electrons. The van der Waals surface area contributed by atoms with Gasteiger partial charge in [-0.1, -0.05) is 0 Å². The predicted octanol–water partition coefficient (Wildman–Crippen LogP) is 2.43. The average Bonchev–Trinajstić information content (AvgIpc) is 3.25. The van der Waals surface area contributed by atoms with Gasteiger partial charge in [0.2, 0.25) is 0 Å². The van der Waals surface area contributed by atoms with Crippen molar-refractivity contribution in [1.82, 2.24) is 10.2 Å². The van der Waals surface area contributed by atoms with Gasteiger partial charge in [0.05, 0.1) is 18.9 Å². The first-order valence-electron chi connectivity index (χ1n) is 8.59. The summed E-state index contributed by atoms with van der Waals surface area (Å²) in [6.07, 6.45) is 9.10. The van der Waals surface area contributed by atoms with Crippen LogP contribution in [0.3, 0.4) is 0 Å². The number of piperidine rings is 1. The molecule has 22 heavy (non-hydrogen) atoms. The highest BCUT2D eigenvalue weighted by Gasteiger charge is 2.18. The summed E-state index contributed by atoms with van der Waals surface area (Å²) in [7, 11) is 0. The molecule has 0 spiro atoms. The lowest BCUT2D eigenvalue weighted by molar-refractivity contribution is 0.117. The molecule has 1 aromatic rings. The Morgan fingerprint density at radius 2 is 2.18 bits per heavy atom. The van der Waals surface area contributed by atoms with Crippen LogP contribution in [0, 0.1) is 0 Å². The van der Waals surface area contributed by atoms with E-state index in [4.69, 9.17) is 14.1 Å². The maximum absolute atomic E-state index is 5.69. The van der Waals surface area contributed by atoms with Crippen molar-refractivity contribution < 1.29 is 9.15 Å². The highest BCUT2D eigenvalue weighted by atomic mass is 16.5. The molecule has 0 bridgehead atoms. The molecule has 5 nitrogen and oxygen atoms in total. The highest BCUT2D eigenvalue weighted by Crippen LogP contribution is 2.13. The lowest BCUT2D eigenvalue weighted by Gasteiger charge is -2.30.